The van der Waals surface area contributed by atoms with Gasteiger partial charge in [-0.05, 0) is 37.7 Å². The molecule has 1 amide bonds. The maximum Gasteiger partial charge on any atom is 0.253 e. The summed E-state index contributed by atoms with van der Waals surface area (Å²) < 4.78 is 0. The van der Waals surface area contributed by atoms with E-state index in [-0.39, 0.29) is 5.91 Å². The first-order valence-corrected chi connectivity index (χ1v) is 7.10. The van der Waals surface area contributed by atoms with E-state index in [1.54, 1.807) is 0 Å². The quantitative estimate of drug-likeness (QED) is 0.899. The van der Waals surface area contributed by atoms with E-state index < -0.39 is 0 Å². The van der Waals surface area contributed by atoms with Gasteiger partial charge in [-0.2, -0.15) is 0 Å². The number of nitrogens with zero attached hydrogens (tertiary/aromatic N) is 2. The van der Waals surface area contributed by atoms with Gasteiger partial charge in [-0.25, -0.2) is 0 Å². The van der Waals surface area contributed by atoms with Crippen molar-refractivity contribution in [3.8, 4) is 0 Å². The first kappa shape index (κ1) is 13.9. The van der Waals surface area contributed by atoms with E-state index in [1.807, 2.05) is 29.2 Å². The molecule has 0 saturated carbocycles. The molecule has 0 aromatic heterocycles. The summed E-state index contributed by atoms with van der Waals surface area (Å²) in [5, 5.41) is 3.24. The smallest absolute Gasteiger partial charge is 0.253 e. The summed E-state index contributed by atoms with van der Waals surface area (Å²) in [6.07, 6.45) is 0. The van der Waals surface area contributed by atoms with Crippen molar-refractivity contribution in [1.29, 1.82) is 0 Å². The van der Waals surface area contributed by atoms with Gasteiger partial charge in [0.2, 0.25) is 0 Å². The topological polar surface area (TPSA) is 35.6 Å². The van der Waals surface area contributed by atoms with Crippen LogP contribution in [0.1, 0.15) is 24.2 Å². The predicted octanol–water partition coefficient (Wildman–Crippen LogP) is 1.90. The molecule has 0 aliphatic carbocycles. The van der Waals surface area contributed by atoms with Crippen LogP contribution in [0, 0.1) is 0 Å². The second-order valence-corrected chi connectivity index (χ2v) is 4.83. The normalized spacial score (nSPS) is 16.4. The number of anilines is 1. The molecule has 19 heavy (non-hydrogen) atoms. The number of likely N-dealkylation sites (N-methyl/N-ethyl adjacent to an activating group) is 1. The Balaban J connectivity index is 1.96. The van der Waals surface area contributed by atoms with Gasteiger partial charge in [0.05, 0.1) is 0 Å². The first-order valence-electron chi connectivity index (χ1n) is 7.10. The van der Waals surface area contributed by atoms with Crippen molar-refractivity contribution in [2.24, 2.45) is 0 Å². The lowest BCUT2D eigenvalue weighted by Gasteiger charge is -2.34. The molecule has 0 unspecified atom stereocenters. The molecular formula is C15H23N3O. The van der Waals surface area contributed by atoms with Crippen LogP contribution in [0.5, 0.6) is 0 Å². The van der Waals surface area contributed by atoms with Crippen LogP contribution in [0.4, 0.5) is 5.69 Å². The van der Waals surface area contributed by atoms with Crippen molar-refractivity contribution in [3.05, 3.63) is 29.8 Å². The number of amides is 1. The van der Waals surface area contributed by atoms with Gasteiger partial charge in [0.1, 0.15) is 0 Å². The molecule has 1 saturated heterocycles. The fraction of sp³-hybridized carbons (Fsp3) is 0.533. The lowest BCUT2D eigenvalue weighted by Crippen LogP contribution is -2.48. The highest BCUT2D eigenvalue weighted by molar-refractivity contribution is 5.94. The second kappa shape index (κ2) is 6.57. The summed E-state index contributed by atoms with van der Waals surface area (Å²) in [5.74, 6) is 0.152. The van der Waals surface area contributed by atoms with Gasteiger partial charge >= 0.3 is 0 Å². The number of carbonyl (C=O) groups is 1. The highest BCUT2D eigenvalue weighted by atomic mass is 16.2. The average molecular weight is 261 g/mol. The Hall–Kier alpha value is -1.55. The van der Waals surface area contributed by atoms with Gasteiger partial charge in [0, 0.05) is 44.0 Å². The largest absolute Gasteiger partial charge is 0.385 e. The zero-order valence-electron chi connectivity index (χ0n) is 11.9. The molecule has 1 aromatic rings. The van der Waals surface area contributed by atoms with E-state index in [0.29, 0.717) is 0 Å². The van der Waals surface area contributed by atoms with Crippen LogP contribution in [0.15, 0.2) is 24.3 Å². The summed E-state index contributed by atoms with van der Waals surface area (Å²) in [6, 6.07) is 7.76. The zero-order valence-corrected chi connectivity index (χ0v) is 11.9. The molecule has 1 fully saturated rings. The van der Waals surface area contributed by atoms with Crippen LogP contribution in [0.2, 0.25) is 0 Å². The van der Waals surface area contributed by atoms with Gasteiger partial charge in [-0.1, -0.05) is 6.92 Å². The summed E-state index contributed by atoms with van der Waals surface area (Å²) in [6.45, 7) is 9.83. The van der Waals surface area contributed by atoms with Crippen LogP contribution in [0.25, 0.3) is 0 Å². The molecule has 1 heterocycles. The van der Waals surface area contributed by atoms with Crippen LogP contribution in [-0.4, -0.2) is 55.0 Å². The van der Waals surface area contributed by atoms with Gasteiger partial charge < -0.3 is 15.1 Å². The fourth-order valence-electron chi connectivity index (χ4n) is 2.38. The highest BCUT2D eigenvalue weighted by Gasteiger charge is 2.20. The van der Waals surface area contributed by atoms with E-state index in [2.05, 4.69) is 24.1 Å². The Morgan fingerprint density at radius 1 is 1.11 bits per heavy atom. The highest BCUT2D eigenvalue weighted by Crippen LogP contribution is 2.12. The van der Waals surface area contributed by atoms with E-state index in [9.17, 15) is 4.79 Å². The standard InChI is InChI=1S/C15H23N3O/c1-3-16-14-7-5-13(6-8-14)15(19)18-11-9-17(4-2)10-12-18/h5-8,16H,3-4,9-12H2,1-2H3. The van der Waals surface area contributed by atoms with E-state index >= 15 is 0 Å². The minimum Gasteiger partial charge on any atom is -0.385 e. The average Bonchev–Trinajstić information content (AvgIpc) is 2.48. The monoisotopic (exact) mass is 261 g/mol. The molecule has 1 aliphatic heterocycles. The number of piperazine rings is 1. The second-order valence-electron chi connectivity index (χ2n) is 4.83. The fourth-order valence-corrected chi connectivity index (χ4v) is 2.38. The molecular weight excluding hydrogens is 238 g/mol. The molecule has 2 rings (SSSR count). The lowest BCUT2D eigenvalue weighted by molar-refractivity contribution is 0.0643. The van der Waals surface area contributed by atoms with Crippen molar-refractivity contribution in [2.45, 2.75) is 13.8 Å². The Labute approximate surface area is 115 Å². The molecule has 104 valence electrons. The van der Waals surface area contributed by atoms with Crippen LogP contribution in [0.3, 0.4) is 0 Å². The minimum absolute atomic E-state index is 0.152. The maximum absolute atomic E-state index is 12.4. The molecule has 1 N–H and O–H groups in total. The lowest BCUT2D eigenvalue weighted by atomic mass is 10.1. The third-order valence-electron chi connectivity index (χ3n) is 3.62. The molecule has 0 spiro atoms. The summed E-state index contributed by atoms with van der Waals surface area (Å²) in [7, 11) is 0. The van der Waals surface area contributed by atoms with Crippen LogP contribution >= 0.6 is 0 Å². The molecule has 0 radical (unpaired) electrons. The van der Waals surface area contributed by atoms with Crippen molar-refractivity contribution in [2.75, 3.05) is 44.6 Å². The Morgan fingerprint density at radius 2 is 1.74 bits per heavy atom. The number of nitrogens with one attached hydrogen (secondary N) is 1. The number of hydrogen-bond donors (Lipinski definition) is 1. The van der Waals surface area contributed by atoms with Crippen molar-refractivity contribution >= 4 is 11.6 Å². The van der Waals surface area contributed by atoms with E-state index in [1.165, 1.54) is 0 Å². The van der Waals surface area contributed by atoms with Crippen molar-refractivity contribution in [3.63, 3.8) is 0 Å². The summed E-state index contributed by atoms with van der Waals surface area (Å²) in [5.41, 5.74) is 1.85. The van der Waals surface area contributed by atoms with Gasteiger partial charge in [-0.15, -0.1) is 0 Å². The molecule has 4 heteroatoms. The number of carbonyl (C=O) groups excluding carboxylic acids is 1. The Morgan fingerprint density at radius 3 is 2.26 bits per heavy atom. The Bertz CT molecular complexity index is 408. The maximum atomic E-state index is 12.4. The molecule has 1 aliphatic rings. The third-order valence-corrected chi connectivity index (χ3v) is 3.62. The van der Waals surface area contributed by atoms with Gasteiger partial charge in [0.25, 0.3) is 5.91 Å². The number of benzene rings is 1. The van der Waals surface area contributed by atoms with E-state index in [0.717, 1.165) is 50.5 Å². The van der Waals surface area contributed by atoms with Gasteiger partial charge in [0.15, 0.2) is 0 Å². The zero-order chi connectivity index (χ0) is 13.7. The molecule has 1 aromatic carbocycles. The Kier molecular flexibility index (Phi) is 4.80. The molecule has 0 bridgehead atoms. The SMILES string of the molecule is CCNc1ccc(C(=O)N2CCN(CC)CC2)cc1. The first-order chi connectivity index (χ1) is 9.24. The van der Waals surface area contributed by atoms with Crippen molar-refractivity contribution < 1.29 is 4.79 Å². The number of hydrogen-bond acceptors (Lipinski definition) is 3. The molecule has 0 atom stereocenters. The van der Waals surface area contributed by atoms with Crippen molar-refractivity contribution in [1.82, 2.24) is 9.80 Å². The third kappa shape index (κ3) is 3.47. The minimum atomic E-state index is 0.152. The summed E-state index contributed by atoms with van der Waals surface area (Å²) in [4.78, 5) is 16.7. The van der Waals surface area contributed by atoms with Crippen LogP contribution in [-0.2, 0) is 0 Å². The predicted molar refractivity (Wildman–Crippen MR) is 78.6 cm³/mol. The van der Waals surface area contributed by atoms with Crippen LogP contribution < -0.4 is 5.32 Å². The molecule has 4 nitrogen and oxygen atoms in total. The number of rotatable bonds is 4. The summed E-state index contributed by atoms with van der Waals surface area (Å²) >= 11 is 0. The van der Waals surface area contributed by atoms with Gasteiger partial charge in [-0.3, -0.25) is 4.79 Å². The van der Waals surface area contributed by atoms with E-state index in [4.69, 9.17) is 0 Å².